The summed E-state index contributed by atoms with van der Waals surface area (Å²) < 4.78 is 27.3. The van der Waals surface area contributed by atoms with Crippen molar-refractivity contribution in [3.8, 4) is 0 Å². The third-order valence-electron chi connectivity index (χ3n) is 2.96. The molecule has 0 saturated carbocycles. The van der Waals surface area contributed by atoms with Crippen LogP contribution in [0.15, 0.2) is 6.07 Å². The number of hydrogen-bond acceptors (Lipinski definition) is 4. The predicted molar refractivity (Wildman–Crippen MR) is 81.5 cm³/mol. The quantitative estimate of drug-likeness (QED) is 0.689. The molecule has 1 unspecified atom stereocenters. The first-order valence-electron chi connectivity index (χ1n) is 7.31. The van der Waals surface area contributed by atoms with E-state index < -0.39 is 17.2 Å². The summed E-state index contributed by atoms with van der Waals surface area (Å²) in [6.45, 7) is 8.32. The summed E-state index contributed by atoms with van der Waals surface area (Å²) in [5.74, 6) is -1.21. The van der Waals surface area contributed by atoms with Crippen molar-refractivity contribution in [1.82, 2.24) is 4.98 Å². The molecule has 21 heavy (non-hydrogen) atoms. The van der Waals surface area contributed by atoms with E-state index >= 15 is 0 Å². The van der Waals surface area contributed by atoms with E-state index in [0.29, 0.717) is 18.9 Å². The molecule has 0 aliphatic rings. The van der Waals surface area contributed by atoms with Crippen LogP contribution in [0.4, 0.5) is 20.4 Å². The molecule has 1 rings (SSSR count). The average Bonchev–Trinajstić information content (AvgIpc) is 2.35. The molecular formula is C15H25F2N3O. The maximum Gasteiger partial charge on any atom is 0.168 e. The smallest absolute Gasteiger partial charge is 0.168 e. The van der Waals surface area contributed by atoms with E-state index in [9.17, 15) is 13.9 Å². The summed E-state index contributed by atoms with van der Waals surface area (Å²) >= 11 is 0. The number of nitrogens with one attached hydrogen (secondary N) is 2. The number of anilines is 2. The van der Waals surface area contributed by atoms with Gasteiger partial charge in [-0.3, -0.25) is 0 Å². The number of hydrogen-bond donors (Lipinski definition) is 3. The Bertz CT molecular complexity index is 464. The van der Waals surface area contributed by atoms with Gasteiger partial charge in [-0.2, -0.15) is 0 Å². The van der Waals surface area contributed by atoms with Gasteiger partial charge in [0.25, 0.3) is 0 Å². The van der Waals surface area contributed by atoms with E-state index in [1.165, 1.54) is 0 Å². The van der Waals surface area contributed by atoms with Gasteiger partial charge in [0.1, 0.15) is 0 Å². The van der Waals surface area contributed by atoms with Crippen molar-refractivity contribution >= 4 is 11.6 Å². The fraction of sp³-hybridized carbons (Fsp3) is 0.667. The molecule has 0 aliphatic heterocycles. The van der Waals surface area contributed by atoms with Gasteiger partial charge in [0.05, 0.1) is 5.60 Å². The molecule has 3 N–H and O–H groups in total. The Morgan fingerprint density at radius 1 is 1.24 bits per heavy atom. The maximum absolute atomic E-state index is 13.7. The van der Waals surface area contributed by atoms with Gasteiger partial charge in [-0.05, 0) is 25.7 Å². The normalized spacial score (nSPS) is 14.1. The number of aliphatic hydroxyl groups is 1. The van der Waals surface area contributed by atoms with Crippen molar-refractivity contribution in [2.75, 3.05) is 23.7 Å². The monoisotopic (exact) mass is 301 g/mol. The fourth-order valence-corrected chi connectivity index (χ4v) is 2.18. The molecule has 4 nitrogen and oxygen atoms in total. The van der Waals surface area contributed by atoms with Crippen molar-refractivity contribution in [3.05, 3.63) is 17.7 Å². The van der Waals surface area contributed by atoms with Crippen molar-refractivity contribution < 1.29 is 13.9 Å². The van der Waals surface area contributed by atoms with E-state index in [-0.39, 0.29) is 18.2 Å². The minimum atomic E-state index is -0.978. The number of rotatable bonds is 8. The summed E-state index contributed by atoms with van der Waals surface area (Å²) in [5.41, 5.74) is -0.978. The van der Waals surface area contributed by atoms with E-state index in [0.717, 1.165) is 12.5 Å². The average molecular weight is 301 g/mol. The SMILES string of the molecule is CCCNc1nc(NCC(C)(O)CC(C)C)c(F)cc1F. The Labute approximate surface area is 125 Å². The predicted octanol–water partition coefficient (Wildman–Crippen LogP) is 3.39. The molecule has 0 saturated heterocycles. The lowest BCUT2D eigenvalue weighted by Crippen LogP contribution is -2.35. The van der Waals surface area contributed by atoms with Crippen molar-refractivity contribution in [3.63, 3.8) is 0 Å². The van der Waals surface area contributed by atoms with E-state index in [1.54, 1.807) is 6.92 Å². The minimum absolute atomic E-state index is 0.0178. The van der Waals surface area contributed by atoms with E-state index in [1.807, 2.05) is 20.8 Å². The summed E-state index contributed by atoms with van der Waals surface area (Å²) in [7, 11) is 0. The van der Waals surface area contributed by atoms with Gasteiger partial charge in [0.15, 0.2) is 23.3 Å². The highest BCUT2D eigenvalue weighted by Crippen LogP contribution is 2.21. The zero-order valence-electron chi connectivity index (χ0n) is 13.1. The molecule has 1 aromatic heterocycles. The Morgan fingerprint density at radius 3 is 2.33 bits per heavy atom. The lowest BCUT2D eigenvalue weighted by Gasteiger charge is -2.26. The van der Waals surface area contributed by atoms with Crippen LogP contribution in [0.5, 0.6) is 0 Å². The standard InChI is InChI=1S/C15H25F2N3O/c1-5-6-18-13-11(16)7-12(17)14(20-13)19-9-15(4,21)8-10(2)3/h7,10,21H,5-6,8-9H2,1-4H3,(H2,18,19,20). The Kier molecular flexibility index (Phi) is 6.33. The third kappa shape index (κ3) is 5.83. The van der Waals surface area contributed by atoms with Crippen LogP contribution >= 0.6 is 0 Å². The second kappa shape index (κ2) is 7.54. The largest absolute Gasteiger partial charge is 0.388 e. The minimum Gasteiger partial charge on any atom is -0.388 e. The van der Waals surface area contributed by atoms with Crippen molar-refractivity contribution in [2.45, 2.75) is 46.1 Å². The van der Waals surface area contributed by atoms with E-state index in [2.05, 4.69) is 15.6 Å². The summed E-state index contributed by atoms with van der Waals surface area (Å²) in [5, 5.41) is 15.8. The van der Waals surface area contributed by atoms with Crippen molar-refractivity contribution in [1.29, 1.82) is 0 Å². The van der Waals surface area contributed by atoms with Gasteiger partial charge in [0.2, 0.25) is 0 Å². The number of aromatic nitrogens is 1. The van der Waals surface area contributed by atoms with E-state index in [4.69, 9.17) is 0 Å². The maximum atomic E-state index is 13.7. The first-order chi connectivity index (χ1) is 9.75. The summed E-state index contributed by atoms with van der Waals surface area (Å²) in [6.07, 6.45) is 1.38. The number of nitrogens with zero attached hydrogens (tertiary/aromatic N) is 1. The van der Waals surface area contributed by atoms with Gasteiger partial charge in [0, 0.05) is 19.2 Å². The number of pyridine rings is 1. The highest BCUT2D eigenvalue weighted by atomic mass is 19.1. The van der Waals surface area contributed by atoms with Gasteiger partial charge in [-0.25, -0.2) is 13.8 Å². The molecular weight excluding hydrogens is 276 g/mol. The van der Waals surface area contributed by atoms with Crippen molar-refractivity contribution in [2.24, 2.45) is 5.92 Å². The molecule has 0 aliphatic carbocycles. The van der Waals surface area contributed by atoms with Crippen LogP contribution in [-0.4, -0.2) is 28.8 Å². The Morgan fingerprint density at radius 2 is 1.81 bits per heavy atom. The molecule has 0 amide bonds. The van der Waals surface area contributed by atoms with Crippen LogP contribution in [-0.2, 0) is 0 Å². The molecule has 1 atom stereocenters. The molecule has 0 fully saturated rings. The molecule has 1 aromatic rings. The van der Waals surface area contributed by atoms with Gasteiger partial charge >= 0.3 is 0 Å². The van der Waals surface area contributed by atoms with Crippen LogP contribution in [0.25, 0.3) is 0 Å². The second-order valence-electron chi connectivity index (χ2n) is 6.02. The molecule has 0 spiro atoms. The molecule has 0 bridgehead atoms. The Hall–Kier alpha value is -1.43. The number of halogens is 2. The second-order valence-corrected chi connectivity index (χ2v) is 6.02. The first kappa shape index (κ1) is 17.6. The molecule has 120 valence electrons. The van der Waals surface area contributed by atoms with Crippen LogP contribution in [0.3, 0.4) is 0 Å². The topological polar surface area (TPSA) is 57.2 Å². The van der Waals surface area contributed by atoms with Gasteiger partial charge < -0.3 is 15.7 Å². The highest BCUT2D eigenvalue weighted by molar-refractivity contribution is 5.47. The molecule has 0 aromatic carbocycles. The van der Waals surface area contributed by atoms with Crippen LogP contribution < -0.4 is 10.6 Å². The van der Waals surface area contributed by atoms with Crippen LogP contribution in [0.2, 0.25) is 0 Å². The van der Waals surface area contributed by atoms with Gasteiger partial charge in [-0.15, -0.1) is 0 Å². The highest BCUT2D eigenvalue weighted by Gasteiger charge is 2.22. The summed E-state index contributed by atoms with van der Waals surface area (Å²) in [6, 6.07) is 0.796. The third-order valence-corrected chi connectivity index (χ3v) is 2.96. The lowest BCUT2D eigenvalue weighted by molar-refractivity contribution is 0.0514. The van der Waals surface area contributed by atoms with Crippen LogP contribution in [0.1, 0.15) is 40.5 Å². The zero-order valence-corrected chi connectivity index (χ0v) is 13.1. The Balaban J connectivity index is 2.78. The molecule has 1 heterocycles. The van der Waals surface area contributed by atoms with Crippen LogP contribution in [0, 0.1) is 17.6 Å². The van der Waals surface area contributed by atoms with Gasteiger partial charge in [-0.1, -0.05) is 20.8 Å². The zero-order chi connectivity index (χ0) is 16.0. The molecule has 0 radical (unpaired) electrons. The molecule has 6 heteroatoms. The lowest BCUT2D eigenvalue weighted by atomic mass is 9.94. The fourth-order valence-electron chi connectivity index (χ4n) is 2.18. The summed E-state index contributed by atoms with van der Waals surface area (Å²) in [4.78, 5) is 3.91. The first-order valence-corrected chi connectivity index (χ1v) is 7.31.